The number of carbonyl (C=O) groups is 3. The molecule has 0 saturated heterocycles. The molecule has 124 valence electrons. The van der Waals surface area contributed by atoms with E-state index in [1.807, 2.05) is 0 Å². The summed E-state index contributed by atoms with van der Waals surface area (Å²) in [4.78, 5) is 36.6. The molecule has 0 bridgehead atoms. The van der Waals surface area contributed by atoms with E-state index >= 15 is 0 Å². The Labute approximate surface area is 132 Å². The van der Waals surface area contributed by atoms with Gasteiger partial charge in [-0.2, -0.15) is 0 Å². The average Bonchev–Trinajstić information content (AvgIpc) is 2.49. The van der Waals surface area contributed by atoms with Crippen molar-refractivity contribution in [2.75, 3.05) is 36.5 Å². The van der Waals surface area contributed by atoms with Crippen LogP contribution in [0.15, 0.2) is 18.2 Å². The topological polar surface area (TPSA) is 107 Å². The monoisotopic (exact) mass is 322 g/mol. The van der Waals surface area contributed by atoms with Crippen LogP contribution in [0.1, 0.15) is 6.92 Å². The fourth-order valence-corrected chi connectivity index (χ4v) is 2.30. The summed E-state index contributed by atoms with van der Waals surface area (Å²) < 4.78 is 5.37. The smallest absolute Gasteiger partial charge is 0.323 e. The standard InChI is InChI=1S/C15H18N2O6/c1-9(15(21)22)6-17(7-14(19)20)10-3-4-11-12(5-10)23-8-13(18)16(11)2/h3-5,9H,6-8H2,1-2H3,(H,19,20)(H,21,22). The Morgan fingerprint density at radius 1 is 1.39 bits per heavy atom. The van der Waals surface area contributed by atoms with Crippen molar-refractivity contribution in [3.05, 3.63) is 18.2 Å². The Kier molecular flexibility index (Phi) is 4.73. The quantitative estimate of drug-likeness (QED) is 0.792. The van der Waals surface area contributed by atoms with E-state index in [0.717, 1.165) is 0 Å². The molecule has 1 amide bonds. The predicted molar refractivity (Wildman–Crippen MR) is 82.0 cm³/mol. The van der Waals surface area contributed by atoms with E-state index in [1.54, 1.807) is 25.2 Å². The molecule has 8 nitrogen and oxygen atoms in total. The fourth-order valence-electron chi connectivity index (χ4n) is 2.30. The molecule has 1 aliphatic rings. The summed E-state index contributed by atoms with van der Waals surface area (Å²) in [5, 5.41) is 18.1. The van der Waals surface area contributed by atoms with Crippen LogP contribution in [0.2, 0.25) is 0 Å². The van der Waals surface area contributed by atoms with Crippen LogP contribution in [0.5, 0.6) is 5.75 Å². The van der Waals surface area contributed by atoms with Crippen LogP contribution >= 0.6 is 0 Å². The van der Waals surface area contributed by atoms with E-state index in [-0.39, 0.29) is 25.6 Å². The molecule has 0 saturated carbocycles. The Balaban J connectivity index is 2.30. The van der Waals surface area contributed by atoms with Crippen LogP contribution in [-0.2, 0) is 14.4 Å². The Morgan fingerprint density at radius 3 is 2.70 bits per heavy atom. The molecule has 1 aliphatic heterocycles. The number of hydrogen-bond donors (Lipinski definition) is 2. The van der Waals surface area contributed by atoms with Gasteiger partial charge in [0.25, 0.3) is 5.91 Å². The summed E-state index contributed by atoms with van der Waals surface area (Å²) in [6.45, 7) is 1.15. The number of fused-ring (bicyclic) bond motifs is 1. The Morgan fingerprint density at radius 2 is 2.09 bits per heavy atom. The molecule has 1 atom stereocenters. The summed E-state index contributed by atoms with van der Waals surface area (Å²) >= 11 is 0. The van der Waals surface area contributed by atoms with Gasteiger partial charge < -0.3 is 24.7 Å². The number of hydrogen-bond acceptors (Lipinski definition) is 5. The number of likely N-dealkylation sites (N-methyl/N-ethyl adjacent to an activating group) is 1. The molecule has 0 spiro atoms. The summed E-state index contributed by atoms with van der Waals surface area (Å²) in [6, 6.07) is 4.92. The third-order valence-electron chi connectivity index (χ3n) is 3.64. The molecule has 0 aliphatic carbocycles. The minimum atomic E-state index is -1.06. The van der Waals surface area contributed by atoms with E-state index in [0.29, 0.717) is 17.1 Å². The number of amides is 1. The van der Waals surface area contributed by atoms with Crippen LogP contribution in [0.4, 0.5) is 11.4 Å². The lowest BCUT2D eigenvalue weighted by Gasteiger charge is -2.29. The highest BCUT2D eigenvalue weighted by Gasteiger charge is 2.24. The molecular formula is C15H18N2O6. The first-order chi connectivity index (χ1) is 10.8. The maximum absolute atomic E-state index is 11.6. The van der Waals surface area contributed by atoms with E-state index in [4.69, 9.17) is 14.9 Å². The largest absolute Gasteiger partial charge is 0.481 e. The first kappa shape index (κ1) is 16.6. The van der Waals surface area contributed by atoms with Gasteiger partial charge in [0.05, 0.1) is 11.6 Å². The van der Waals surface area contributed by atoms with Crippen molar-refractivity contribution >= 4 is 29.2 Å². The lowest BCUT2D eigenvalue weighted by atomic mass is 10.1. The van der Waals surface area contributed by atoms with E-state index in [9.17, 15) is 14.4 Å². The van der Waals surface area contributed by atoms with E-state index in [1.165, 1.54) is 16.7 Å². The zero-order chi connectivity index (χ0) is 17.1. The van der Waals surface area contributed by atoms with Gasteiger partial charge in [-0.1, -0.05) is 6.92 Å². The maximum Gasteiger partial charge on any atom is 0.323 e. The first-order valence-corrected chi connectivity index (χ1v) is 7.02. The molecule has 0 radical (unpaired) electrons. The van der Waals surface area contributed by atoms with Crippen molar-refractivity contribution in [3.8, 4) is 5.75 Å². The van der Waals surface area contributed by atoms with Crippen molar-refractivity contribution in [1.82, 2.24) is 0 Å². The predicted octanol–water partition coefficient (Wildman–Crippen LogP) is 0.653. The van der Waals surface area contributed by atoms with Crippen molar-refractivity contribution in [2.45, 2.75) is 6.92 Å². The average molecular weight is 322 g/mol. The number of anilines is 2. The van der Waals surface area contributed by atoms with E-state index < -0.39 is 17.9 Å². The van der Waals surface area contributed by atoms with Crippen LogP contribution < -0.4 is 14.5 Å². The molecule has 1 aromatic carbocycles. The third kappa shape index (κ3) is 3.71. The molecule has 2 rings (SSSR count). The molecule has 0 aromatic heterocycles. The Bertz CT molecular complexity index is 645. The van der Waals surface area contributed by atoms with Gasteiger partial charge in [0.1, 0.15) is 12.3 Å². The van der Waals surface area contributed by atoms with Gasteiger partial charge in [0.2, 0.25) is 0 Å². The second-order valence-corrected chi connectivity index (χ2v) is 5.41. The number of benzene rings is 1. The number of nitrogens with zero attached hydrogens (tertiary/aromatic N) is 2. The van der Waals surface area contributed by atoms with Gasteiger partial charge in [0.15, 0.2) is 6.61 Å². The highest BCUT2D eigenvalue weighted by molar-refractivity contribution is 5.97. The molecule has 1 heterocycles. The first-order valence-electron chi connectivity index (χ1n) is 7.02. The van der Waals surface area contributed by atoms with Gasteiger partial charge in [0, 0.05) is 25.3 Å². The Hall–Kier alpha value is -2.77. The number of ether oxygens (including phenoxy) is 1. The minimum absolute atomic E-state index is 0.0508. The van der Waals surface area contributed by atoms with Crippen LogP contribution in [0.3, 0.4) is 0 Å². The summed E-state index contributed by atoms with van der Waals surface area (Å²) in [5.41, 5.74) is 1.12. The maximum atomic E-state index is 11.6. The molecule has 0 fully saturated rings. The summed E-state index contributed by atoms with van der Waals surface area (Å²) in [6.07, 6.45) is 0. The summed E-state index contributed by atoms with van der Waals surface area (Å²) in [7, 11) is 1.63. The molecule has 8 heteroatoms. The molecule has 2 N–H and O–H groups in total. The summed E-state index contributed by atoms with van der Waals surface area (Å²) in [5.74, 6) is -2.50. The van der Waals surface area contributed by atoms with Crippen molar-refractivity contribution in [1.29, 1.82) is 0 Å². The number of aliphatic carboxylic acids is 2. The SMILES string of the molecule is CC(CN(CC(=O)O)c1ccc2c(c1)OCC(=O)N2C)C(=O)O. The second-order valence-electron chi connectivity index (χ2n) is 5.41. The van der Waals surface area contributed by atoms with Crippen LogP contribution in [0.25, 0.3) is 0 Å². The molecule has 23 heavy (non-hydrogen) atoms. The molecule has 1 aromatic rings. The van der Waals surface area contributed by atoms with Crippen LogP contribution in [0, 0.1) is 5.92 Å². The van der Waals surface area contributed by atoms with Gasteiger partial charge in [-0.15, -0.1) is 0 Å². The van der Waals surface area contributed by atoms with Gasteiger partial charge in [-0.05, 0) is 12.1 Å². The lowest BCUT2D eigenvalue weighted by molar-refractivity contribution is -0.141. The minimum Gasteiger partial charge on any atom is -0.481 e. The van der Waals surface area contributed by atoms with Crippen molar-refractivity contribution < 1.29 is 29.3 Å². The zero-order valence-electron chi connectivity index (χ0n) is 12.9. The lowest BCUT2D eigenvalue weighted by Crippen LogP contribution is -2.37. The van der Waals surface area contributed by atoms with Gasteiger partial charge in [-0.25, -0.2) is 0 Å². The van der Waals surface area contributed by atoms with Crippen molar-refractivity contribution in [2.24, 2.45) is 5.92 Å². The second kappa shape index (κ2) is 6.55. The molecular weight excluding hydrogens is 304 g/mol. The zero-order valence-corrected chi connectivity index (χ0v) is 12.9. The normalized spacial score (nSPS) is 14.7. The highest BCUT2D eigenvalue weighted by atomic mass is 16.5. The number of carboxylic acids is 2. The van der Waals surface area contributed by atoms with Crippen LogP contribution in [-0.4, -0.2) is 54.8 Å². The number of carboxylic acid groups (broad SMARTS) is 2. The fraction of sp³-hybridized carbons (Fsp3) is 0.400. The third-order valence-corrected chi connectivity index (χ3v) is 3.64. The van der Waals surface area contributed by atoms with E-state index in [2.05, 4.69) is 0 Å². The number of rotatable bonds is 6. The van der Waals surface area contributed by atoms with Gasteiger partial charge >= 0.3 is 11.9 Å². The number of carbonyl (C=O) groups excluding carboxylic acids is 1. The highest BCUT2D eigenvalue weighted by Crippen LogP contribution is 2.35. The van der Waals surface area contributed by atoms with Gasteiger partial charge in [-0.3, -0.25) is 14.4 Å². The van der Waals surface area contributed by atoms with Crippen molar-refractivity contribution in [3.63, 3.8) is 0 Å². The molecule has 1 unspecified atom stereocenters.